The van der Waals surface area contributed by atoms with Gasteiger partial charge in [-0.15, -0.1) is 0 Å². The van der Waals surface area contributed by atoms with E-state index in [-0.39, 0.29) is 5.41 Å². The van der Waals surface area contributed by atoms with Gasteiger partial charge >= 0.3 is 0 Å². The zero-order valence-electron chi connectivity index (χ0n) is 15.3. The summed E-state index contributed by atoms with van der Waals surface area (Å²) in [5, 5.41) is 0. The summed E-state index contributed by atoms with van der Waals surface area (Å²) in [5.41, 5.74) is 7.71. The first-order chi connectivity index (χ1) is 11.9. The van der Waals surface area contributed by atoms with Crippen LogP contribution >= 0.6 is 0 Å². The third-order valence-corrected chi connectivity index (χ3v) is 4.62. The van der Waals surface area contributed by atoms with Crippen molar-refractivity contribution in [3.63, 3.8) is 0 Å². The van der Waals surface area contributed by atoms with E-state index >= 15 is 0 Å². The Morgan fingerprint density at radius 3 is 2.20 bits per heavy atom. The molecule has 0 amide bonds. The maximum atomic E-state index is 11.5. The molecule has 1 aromatic rings. The van der Waals surface area contributed by atoms with Crippen LogP contribution in [0.5, 0.6) is 0 Å². The van der Waals surface area contributed by atoms with Crippen molar-refractivity contribution in [3.05, 3.63) is 82.4 Å². The molecule has 0 atom stereocenters. The Morgan fingerprint density at radius 2 is 1.56 bits per heavy atom. The average Bonchev–Trinajstić information content (AvgIpc) is 2.95. The molecule has 0 saturated carbocycles. The second-order valence-electron chi connectivity index (χ2n) is 7.57. The van der Waals surface area contributed by atoms with Gasteiger partial charge in [-0.3, -0.25) is 4.79 Å². The van der Waals surface area contributed by atoms with Crippen molar-refractivity contribution in [2.45, 2.75) is 33.1 Å². The van der Waals surface area contributed by atoms with E-state index in [0.717, 1.165) is 34.1 Å². The van der Waals surface area contributed by atoms with Crippen LogP contribution in [0.25, 0.3) is 23.3 Å². The molecular weight excluding hydrogens is 304 g/mol. The van der Waals surface area contributed by atoms with Gasteiger partial charge in [0.25, 0.3) is 0 Å². The van der Waals surface area contributed by atoms with Crippen molar-refractivity contribution in [2.24, 2.45) is 0 Å². The highest BCUT2D eigenvalue weighted by Crippen LogP contribution is 2.36. The second kappa shape index (κ2) is 6.68. The maximum absolute atomic E-state index is 11.5. The van der Waals surface area contributed by atoms with E-state index in [0.29, 0.717) is 0 Å². The minimum atomic E-state index is 0.0396. The molecule has 0 saturated heterocycles. The number of aryl methyl sites for hydroxylation is 1. The molecule has 2 aliphatic carbocycles. The number of hydrogen-bond acceptors (Lipinski definition) is 1. The first kappa shape index (κ1) is 17.2. The molecule has 0 fully saturated rings. The fourth-order valence-electron chi connectivity index (χ4n) is 3.19. The normalized spacial score (nSPS) is 12.0. The molecule has 1 nitrogen and oxygen atoms in total. The van der Waals surface area contributed by atoms with E-state index in [4.69, 9.17) is 0 Å². The lowest BCUT2D eigenvalue weighted by Gasteiger charge is -2.18. The summed E-state index contributed by atoms with van der Waals surface area (Å²) in [4.78, 5) is 11.5. The van der Waals surface area contributed by atoms with E-state index in [1.165, 1.54) is 11.1 Å². The van der Waals surface area contributed by atoms with Gasteiger partial charge in [-0.05, 0) is 45.7 Å². The predicted molar refractivity (Wildman–Crippen MR) is 107 cm³/mol. The maximum Gasteiger partial charge on any atom is 0.150 e. The molecule has 0 heterocycles. The van der Waals surface area contributed by atoms with Crippen molar-refractivity contribution in [2.75, 3.05) is 0 Å². The highest BCUT2D eigenvalue weighted by Gasteiger charge is 2.19. The lowest BCUT2D eigenvalue weighted by atomic mass is 9.87. The molecule has 126 valence electrons. The highest BCUT2D eigenvalue weighted by molar-refractivity contribution is 5.95. The lowest BCUT2D eigenvalue weighted by molar-refractivity contribution is 0.112. The lowest BCUT2D eigenvalue weighted by Crippen LogP contribution is -2.10. The molecular formula is C24H24O. The van der Waals surface area contributed by atoms with Crippen molar-refractivity contribution in [1.29, 1.82) is 0 Å². The van der Waals surface area contributed by atoms with Gasteiger partial charge in [0, 0.05) is 5.56 Å². The Morgan fingerprint density at radius 1 is 0.840 bits per heavy atom. The summed E-state index contributed by atoms with van der Waals surface area (Å²) in [6, 6.07) is 18.7. The fraction of sp³-hybridized carbons (Fsp3) is 0.208. The van der Waals surface area contributed by atoms with Crippen LogP contribution in [0.2, 0.25) is 0 Å². The van der Waals surface area contributed by atoms with Gasteiger partial charge in [0.15, 0.2) is 6.29 Å². The molecule has 0 unspecified atom stereocenters. The minimum Gasteiger partial charge on any atom is -0.298 e. The topological polar surface area (TPSA) is 17.1 Å². The molecule has 25 heavy (non-hydrogen) atoms. The SMILES string of the molecule is Cc1cc(C(C)(C)C)cc(/C=C/c2ccccc2)c2ccc(C=O)c1-2. The van der Waals surface area contributed by atoms with E-state index in [1.807, 2.05) is 24.3 Å². The number of fused-ring (bicyclic) bond motifs is 1. The molecule has 2 aliphatic rings. The molecule has 0 radical (unpaired) electrons. The number of hydrogen-bond donors (Lipinski definition) is 0. The van der Waals surface area contributed by atoms with Crippen LogP contribution in [0.4, 0.5) is 0 Å². The van der Waals surface area contributed by atoms with E-state index in [1.54, 1.807) is 0 Å². The fourth-order valence-corrected chi connectivity index (χ4v) is 3.19. The Labute approximate surface area is 150 Å². The van der Waals surface area contributed by atoms with Gasteiger partial charge in [-0.25, -0.2) is 0 Å². The van der Waals surface area contributed by atoms with Crippen LogP contribution in [-0.4, -0.2) is 6.29 Å². The van der Waals surface area contributed by atoms with Gasteiger partial charge in [-0.1, -0.05) is 87.5 Å². The molecule has 0 aromatic heterocycles. The highest BCUT2D eigenvalue weighted by atomic mass is 16.1. The summed E-state index contributed by atoms with van der Waals surface area (Å²) >= 11 is 0. The van der Waals surface area contributed by atoms with Crippen LogP contribution in [0, 0.1) is 6.92 Å². The Hall–Kier alpha value is -2.67. The average molecular weight is 328 g/mol. The largest absolute Gasteiger partial charge is 0.298 e. The second-order valence-corrected chi connectivity index (χ2v) is 7.57. The standard InChI is InChI=1S/C24H24O/c1-17-14-21(24(2,3)4)15-19(11-10-18-8-6-5-7-9-18)22-13-12-20(16-25)23(17)22/h5-16H,1-4H3/b11-10+. The van der Waals surface area contributed by atoms with Crippen molar-refractivity contribution in [1.82, 2.24) is 0 Å². The van der Waals surface area contributed by atoms with Crippen molar-refractivity contribution in [3.8, 4) is 11.1 Å². The summed E-state index contributed by atoms with van der Waals surface area (Å²) in [6.45, 7) is 8.75. The molecule has 1 aromatic carbocycles. The number of aldehydes is 1. The van der Waals surface area contributed by atoms with Gasteiger partial charge in [0.2, 0.25) is 0 Å². The number of rotatable bonds is 3. The zero-order valence-corrected chi connectivity index (χ0v) is 15.3. The third-order valence-electron chi connectivity index (χ3n) is 4.62. The molecule has 3 rings (SSSR count). The Balaban J connectivity index is 2.23. The van der Waals surface area contributed by atoms with E-state index in [9.17, 15) is 4.79 Å². The summed E-state index contributed by atoms with van der Waals surface area (Å²) < 4.78 is 0. The monoisotopic (exact) mass is 328 g/mol. The van der Waals surface area contributed by atoms with Crippen LogP contribution < -0.4 is 0 Å². The first-order valence-electron chi connectivity index (χ1n) is 8.66. The number of carbonyl (C=O) groups excluding carboxylic acids is 1. The van der Waals surface area contributed by atoms with Gasteiger partial charge in [0.05, 0.1) is 0 Å². The van der Waals surface area contributed by atoms with E-state index in [2.05, 4.69) is 70.2 Å². The molecule has 0 N–H and O–H groups in total. The van der Waals surface area contributed by atoms with Gasteiger partial charge < -0.3 is 0 Å². The Kier molecular flexibility index (Phi) is 4.59. The van der Waals surface area contributed by atoms with Crippen LogP contribution in [0.1, 0.15) is 53.4 Å². The summed E-state index contributed by atoms with van der Waals surface area (Å²) in [5.74, 6) is 0. The van der Waals surface area contributed by atoms with Crippen molar-refractivity contribution < 1.29 is 4.79 Å². The molecule has 1 heteroatoms. The molecule has 0 spiro atoms. The smallest absolute Gasteiger partial charge is 0.150 e. The molecule has 0 aliphatic heterocycles. The predicted octanol–water partition coefficient (Wildman–Crippen LogP) is 6.38. The zero-order chi connectivity index (χ0) is 18.0. The first-order valence-corrected chi connectivity index (χ1v) is 8.66. The minimum absolute atomic E-state index is 0.0396. The van der Waals surface area contributed by atoms with Crippen LogP contribution in [-0.2, 0) is 5.41 Å². The number of carbonyl (C=O) groups is 1. The number of benzene rings is 1. The Bertz CT molecular complexity index is 895. The van der Waals surface area contributed by atoms with Gasteiger partial charge in [0.1, 0.15) is 0 Å². The molecule has 0 bridgehead atoms. The summed E-state index contributed by atoms with van der Waals surface area (Å²) in [6.07, 6.45) is 5.24. The summed E-state index contributed by atoms with van der Waals surface area (Å²) in [7, 11) is 0. The van der Waals surface area contributed by atoms with Crippen LogP contribution in [0.3, 0.4) is 0 Å². The van der Waals surface area contributed by atoms with E-state index < -0.39 is 0 Å². The van der Waals surface area contributed by atoms with Crippen LogP contribution in [0.15, 0.2) is 54.6 Å². The quantitative estimate of drug-likeness (QED) is 0.510. The van der Waals surface area contributed by atoms with Crippen molar-refractivity contribution >= 4 is 18.4 Å². The third kappa shape index (κ3) is 3.56. The van der Waals surface area contributed by atoms with Gasteiger partial charge in [-0.2, -0.15) is 0 Å².